The zero-order chi connectivity index (χ0) is 21.3. The third kappa shape index (κ3) is 3.32. The van der Waals surface area contributed by atoms with E-state index in [-0.39, 0.29) is 24.0 Å². The van der Waals surface area contributed by atoms with Crippen molar-refractivity contribution in [2.45, 2.75) is 31.6 Å². The van der Waals surface area contributed by atoms with E-state index >= 15 is 0 Å². The van der Waals surface area contributed by atoms with Gasteiger partial charge in [-0.15, -0.1) is 0 Å². The van der Waals surface area contributed by atoms with Crippen LogP contribution in [-0.4, -0.2) is 33.0 Å². The molecule has 6 nitrogen and oxygen atoms in total. The number of ketones is 1. The summed E-state index contributed by atoms with van der Waals surface area (Å²) in [5, 5.41) is 0. The molecule has 0 bridgehead atoms. The van der Waals surface area contributed by atoms with E-state index in [1.807, 2.05) is 30.3 Å². The molecule has 1 aliphatic heterocycles. The highest BCUT2D eigenvalue weighted by Crippen LogP contribution is 2.47. The van der Waals surface area contributed by atoms with Crippen molar-refractivity contribution in [1.82, 2.24) is 0 Å². The maximum Gasteiger partial charge on any atom is 0.232 e. The van der Waals surface area contributed by atoms with Crippen molar-refractivity contribution >= 4 is 17.4 Å². The fraction of sp³-hybridized carbons (Fsp3) is 0.333. The number of carbonyl (C=O) groups excluding carboxylic acids is 2. The highest BCUT2D eigenvalue weighted by molar-refractivity contribution is 6.08. The molecule has 1 amide bonds. The second kappa shape index (κ2) is 8.22. The molecule has 2 aromatic rings. The number of benzene rings is 2. The standard InChI is InChI=1S/C24H25NO5/c1-28-15-11-12-18(22(13-15)30-3)25-19-8-6-9-20(26)24(19)17(14-23(25)27)16-7-4-5-10-21(16)29-2/h4-5,7,10-13,17H,6,8-9,14H2,1-3H3. The summed E-state index contributed by atoms with van der Waals surface area (Å²) in [6.45, 7) is 0. The van der Waals surface area contributed by atoms with Gasteiger partial charge in [-0.05, 0) is 31.0 Å². The van der Waals surface area contributed by atoms with Crippen LogP contribution in [0, 0.1) is 0 Å². The molecular weight excluding hydrogens is 382 g/mol. The van der Waals surface area contributed by atoms with Crippen molar-refractivity contribution in [2.24, 2.45) is 0 Å². The van der Waals surface area contributed by atoms with Crippen LogP contribution in [0.2, 0.25) is 0 Å². The third-order valence-corrected chi connectivity index (χ3v) is 5.82. The van der Waals surface area contributed by atoms with Gasteiger partial charge in [-0.2, -0.15) is 0 Å². The number of hydrogen-bond donors (Lipinski definition) is 0. The number of hydrogen-bond acceptors (Lipinski definition) is 5. The molecule has 0 spiro atoms. The van der Waals surface area contributed by atoms with E-state index in [2.05, 4.69) is 0 Å². The average molecular weight is 407 g/mol. The van der Waals surface area contributed by atoms with E-state index in [9.17, 15) is 9.59 Å². The lowest BCUT2D eigenvalue weighted by Crippen LogP contribution is -2.40. The zero-order valence-electron chi connectivity index (χ0n) is 17.4. The second-order valence-corrected chi connectivity index (χ2v) is 7.40. The van der Waals surface area contributed by atoms with Gasteiger partial charge in [-0.3, -0.25) is 14.5 Å². The molecule has 0 saturated carbocycles. The number of nitrogens with zero attached hydrogens (tertiary/aromatic N) is 1. The number of ether oxygens (including phenoxy) is 3. The van der Waals surface area contributed by atoms with Crippen molar-refractivity contribution in [3.63, 3.8) is 0 Å². The average Bonchev–Trinajstić information content (AvgIpc) is 2.78. The van der Waals surface area contributed by atoms with Crippen LogP contribution >= 0.6 is 0 Å². The van der Waals surface area contributed by atoms with Crippen molar-refractivity contribution in [3.05, 3.63) is 59.3 Å². The van der Waals surface area contributed by atoms with Gasteiger partial charge < -0.3 is 14.2 Å². The fourth-order valence-electron chi connectivity index (χ4n) is 4.46. The Labute approximate surface area is 176 Å². The largest absolute Gasteiger partial charge is 0.497 e. The van der Waals surface area contributed by atoms with Gasteiger partial charge in [0.1, 0.15) is 17.2 Å². The van der Waals surface area contributed by atoms with Crippen LogP contribution in [0.1, 0.15) is 37.2 Å². The highest BCUT2D eigenvalue weighted by atomic mass is 16.5. The Morgan fingerprint density at radius 3 is 2.40 bits per heavy atom. The Hall–Kier alpha value is -3.28. The lowest BCUT2D eigenvalue weighted by atomic mass is 9.77. The van der Waals surface area contributed by atoms with Crippen molar-refractivity contribution in [2.75, 3.05) is 26.2 Å². The van der Waals surface area contributed by atoms with Gasteiger partial charge in [0.05, 0.1) is 27.0 Å². The molecule has 1 aliphatic carbocycles. The van der Waals surface area contributed by atoms with Crippen LogP contribution in [-0.2, 0) is 9.59 Å². The molecule has 0 fully saturated rings. The van der Waals surface area contributed by atoms with Crippen molar-refractivity contribution in [3.8, 4) is 17.2 Å². The molecule has 6 heteroatoms. The van der Waals surface area contributed by atoms with Crippen LogP contribution in [0.25, 0.3) is 0 Å². The molecule has 1 unspecified atom stereocenters. The van der Waals surface area contributed by atoms with Crippen LogP contribution in [0.4, 0.5) is 5.69 Å². The van der Waals surface area contributed by atoms with E-state index in [1.165, 1.54) is 0 Å². The van der Waals surface area contributed by atoms with E-state index in [0.29, 0.717) is 41.4 Å². The molecule has 4 rings (SSSR count). The summed E-state index contributed by atoms with van der Waals surface area (Å²) in [5.41, 5.74) is 2.98. The van der Waals surface area contributed by atoms with Gasteiger partial charge in [0.2, 0.25) is 5.91 Å². The maximum absolute atomic E-state index is 13.4. The fourth-order valence-corrected chi connectivity index (χ4v) is 4.46. The summed E-state index contributed by atoms with van der Waals surface area (Å²) in [4.78, 5) is 28.1. The van der Waals surface area contributed by atoms with E-state index in [4.69, 9.17) is 14.2 Å². The molecule has 2 aromatic carbocycles. The van der Waals surface area contributed by atoms with Crippen LogP contribution in [0.3, 0.4) is 0 Å². The minimum atomic E-state index is -0.308. The summed E-state index contributed by atoms with van der Waals surface area (Å²) in [7, 11) is 4.75. The number of Topliss-reactive ketones (excluding diaryl/α,β-unsaturated/α-hetero) is 1. The molecule has 0 aromatic heterocycles. The summed E-state index contributed by atoms with van der Waals surface area (Å²) in [6, 6.07) is 13.0. The third-order valence-electron chi connectivity index (χ3n) is 5.82. The predicted molar refractivity (Wildman–Crippen MR) is 113 cm³/mol. The van der Waals surface area contributed by atoms with Crippen molar-refractivity contribution < 1.29 is 23.8 Å². The Bertz CT molecular complexity index is 1030. The molecule has 0 saturated heterocycles. The number of para-hydroxylation sites is 1. The monoisotopic (exact) mass is 407 g/mol. The number of methoxy groups -OCH3 is 3. The maximum atomic E-state index is 13.4. The minimum Gasteiger partial charge on any atom is -0.497 e. The Morgan fingerprint density at radius 1 is 0.900 bits per heavy atom. The number of rotatable bonds is 5. The van der Waals surface area contributed by atoms with Gasteiger partial charge in [0.15, 0.2) is 5.78 Å². The predicted octanol–water partition coefficient (Wildman–Crippen LogP) is 4.24. The summed E-state index contributed by atoms with van der Waals surface area (Å²) in [6.07, 6.45) is 2.07. The molecule has 1 atom stereocenters. The summed E-state index contributed by atoms with van der Waals surface area (Å²) in [5.74, 6) is 1.58. The second-order valence-electron chi connectivity index (χ2n) is 7.40. The van der Waals surface area contributed by atoms with E-state index in [0.717, 1.165) is 17.7 Å². The quantitative estimate of drug-likeness (QED) is 0.742. The Kier molecular flexibility index (Phi) is 5.48. The van der Waals surface area contributed by atoms with E-state index in [1.54, 1.807) is 38.4 Å². The van der Waals surface area contributed by atoms with Gasteiger partial charge in [-0.1, -0.05) is 18.2 Å². The SMILES string of the molecule is COc1ccc(N2C(=O)CC(c3ccccc3OC)C3=C2CCCC3=O)c(OC)c1. The normalized spacial score (nSPS) is 18.9. The molecule has 0 radical (unpaired) electrons. The summed E-state index contributed by atoms with van der Waals surface area (Å²) < 4.78 is 16.4. The van der Waals surface area contributed by atoms with Crippen molar-refractivity contribution in [1.29, 1.82) is 0 Å². The molecule has 2 aliphatic rings. The molecule has 156 valence electrons. The lowest BCUT2D eigenvalue weighted by molar-refractivity contribution is -0.120. The first-order chi connectivity index (χ1) is 14.6. The van der Waals surface area contributed by atoms with Crippen LogP contribution in [0.5, 0.6) is 17.2 Å². The zero-order valence-corrected chi connectivity index (χ0v) is 17.4. The Morgan fingerprint density at radius 2 is 1.67 bits per heavy atom. The lowest BCUT2D eigenvalue weighted by Gasteiger charge is -2.39. The highest BCUT2D eigenvalue weighted by Gasteiger charge is 2.41. The molecule has 0 N–H and O–H groups in total. The van der Waals surface area contributed by atoms with Gasteiger partial charge >= 0.3 is 0 Å². The van der Waals surface area contributed by atoms with Gasteiger partial charge in [-0.25, -0.2) is 0 Å². The molecule has 30 heavy (non-hydrogen) atoms. The molecular formula is C24H25NO5. The first-order valence-electron chi connectivity index (χ1n) is 10.0. The Balaban J connectivity index is 1.89. The van der Waals surface area contributed by atoms with Gasteiger partial charge in [0, 0.05) is 41.7 Å². The number of anilines is 1. The number of amides is 1. The van der Waals surface area contributed by atoms with Crippen LogP contribution in [0.15, 0.2) is 53.7 Å². The first-order valence-corrected chi connectivity index (χ1v) is 10.0. The van der Waals surface area contributed by atoms with Gasteiger partial charge in [0.25, 0.3) is 0 Å². The first kappa shape index (κ1) is 20.0. The smallest absolute Gasteiger partial charge is 0.232 e. The topological polar surface area (TPSA) is 65.1 Å². The number of allylic oxidation sites excluding steroid dienone is 2. The molecule has 1 heterocycles. The van der Waals surface area contributed by atoms with Crippen LogP contribution < -0.4 is 19.1 Å². The summed E-state index contributed by atoms with van der Waals surface area (Å²) >= 11 is 0. The minimum absolute atomic E-state index is 0.0668. The van der Waals surface area contributed by atoms with E-state index < -0.39 is 0 Å². The number of carbonyl (C=O) groups is 2.